The lowest BCUT2D eigenvalue weighted by Crippen LogP contribution is -2.19. The van der Waals surface area contributed by atoms with E-state index in [1.54, 1.807) is 12.1 Å². The van der Waals surface area contributed by atoms with E-state index in [0.717, 1.165) is 18.4 Å². The number of benzene rings is 1. The van der Waals surface area contributed by atoms with Gasteiger partial charge in [-0.3, -0.25) is 0 Å². The van der Waals surface area contributed by atoms with Crippen LogP contribution in [0.1, 0.15) is 51.5 Å². The second-order valence-electron chi connectivity index (χ2n) is 5.35. The Morgan fingerprint density at radius 3 is 2.21 bits per heavy atom. The zero-order valence-corrected chi connectivity index (χ0v) is 12.9. The molecule has 108 valence electrons. The smallest absolute Gasteiger partial charge is 0.178 e. The first-order chi connectivity index (χ1) is 8.86. The van der Waals surface area contributed by atoms with Gasteiger partial charge in [0.1, 0.15) is 0 Å². The van der Waals surface area contributed by atoms with Gasteiger partial charge in [0.25, 0.3) is 0 Å². The van der Waals surface area contributed by atoms with Crippen LogP contribution in [0.3, 0.4) is 0 Å². The molecular weight excluding hydrogens is 258 g/mol. The standard InChI is InChI=1S/C15H25NO2S/c1-4-14(16)6-5-11-19(17,18)15-9-7-13(8-10-15)12(2)3/h7-10,12,14H,4-6,11,16H2,1-3H3. The Morgan fingerprint density at radius 2 is 1.74 bits per heavy atom. The fraction of sp³-hybridized carbons (Fsp3) is 0.600. The molecule has 0 fully saturated rings. The quantitative estimate of drug-likeness (QED) is 0.836. The van der Waals surface area contributed by atoms with Gasteiger partial charge in [-0.1, -0.05) is 32.9 Å². The summed E-state index contributed by atoms with van der Waals surface area (Å²) in [6.45, 7) is 6.20. The van der Waals surface area contributed by atoms with Crippen LogP contribution in [0.25, 0.3) is 0 Å². The summed E-state index contributed by atoms with van der Waals surface area (Å²) >= 11 is 0. The van der Waals surface area contributed by atoms with Crippen LogP contribution in [0.2, 0.25) is 0 Å². The van der Waals surface area contributed by atoms with Crippen molar-refractivity contribution >= 4 is 9.84 Å². The van der Waals surface area contributed by atoms with Crippen LogP contribution in [0, 0.1) is 0 Å². The molecule has 19 heavy (non-hydrogen) atoms. The van der Waals surface area contributed by atoms with E-state index < -0.39 is 9.84 Å². The molecule has 0 radical (unpaired) electrons. The van der Waals surface area contributed by atoms with Gasteiger partial charge in [0.2, 0.25) is 0 Å². The summed E-state index contributed by atoms with van der Waals surface area (Å²) in [4.78, 5) is 0.418. The van der Waals surface area contributed by atoms with E-state index in [9.17, 15) is 8.42 Å². The Balaban J connectivity index is 2.67. The van der Waals surface area contributed by atoms with Gasteiger partial charge in [-0.25, -0.2) is 8.42 Å². The molecule has 1 rings (SSSR count). The molecule has 0 aliphatic carbocycles. The predicted octanol–water partition coefficient (Wildman–Crippen LogP) is 3.10. The van der Waals surface area contributed by atoms with Crippen LogP contribution in [-0.4, -0.2) is 20.2 Å². The molecule has 1 unspecified atom stereocenters. The minimum Gasteiger partial charge on any atom is -0.328 e. The van der Waals surface area contributed by atoms with Gasteiger partial charge < -0.3 is 5.73 Å². The second-order valence-corrected chi connectivity index (χ2v) is 7.46. The third kappa shape index (κ3) is 4.96. The summed E-state index contributed by atoms with van der Waals surface area (Å²) in [5.41, 5.74) is 6.96. The lowest BCUT2D eigenvalue weighted by molar-refractivity contribution is 0.567. The van der Waals surface area contributed by atoms with Crippen molar-refractivity contribution < 1.29 is 8.42 Å². The minimum atomic E-state index is -3.16. The van der Waals surface area contributed by atoms with Crippen LogP contribution < -0.4 is 5.73 Å². The number of rotatable bonds is 7. The lowest BCUT2D eigenvalue weighted by atomic mass is 10.0. The molecule has 0 saturated heterocycles. The van der Waals surface area contributed by atoms with Crippen LogP contribution in [-0.2, 0) is 9.84 Å². The van der Waals surface area contributed by atoms with Gasteiger partial charge >= 0.3 is 0 Å². The van der Waals surface area contributed by atoms with Crippen molar-refractivity contribution in [2.45, 2.75) is 56.9 Å². The highest BCUT2D eigenvalue weighted by molar-refractivity contribution is 7.91. The van der Waals surface area contributed by atoms with Crippen LogP contribution in [0.5, 0.6) is 0 Å². The van der Waals surface area contributed by atoms with Crippen molar-refractivity contribution in [3.8, 4) is 0 Å². The van der Waals surface area contributed by atoms with Crippen molar-refractivity contribution in [1.29, 1.82) is 0 Å². The van der Waals surface area contributed by atoms with E-state index in [1.165, 1.54) is 0 Å². The van der Waals surface area contributed by atoms with Crippen LogP contribution in [0.15, 0.2) is 29.2 Å². The first-order valence-corrected chi connectivity index (χ1v) is 8.60. The zero-order valence-electron chi connectivity index (χ0n) is 12.1. The van der Waals surface area contributed by atoms with Gasteiger partial charge in [0, 0.05) is 6.04 Å². The van der Waals surface area contributed by atoms with Crippen molar-refractivity contribution in [2.24, 2.45) is 5.73 Å². The van der Waals surface area contributed by atoms with Gasteiger partial charge in [-0.2, -0.15) is 0 Å². The van der Waals surface area contributed by atoms with Gasteiger partial charge in [-0.15, -0.1) is 0 Å². The van der Waals surface area contributed by atoms with Crippen LogP contribution in [0.4, 0.5) is 0 Å². The topological polar surface area (TPSA) is 60.2 Å². The van der Waals surface area contributed by atoms with E-state index in [2.05, 4.69) is 13.8 Å². The average Bonchev–Trinajstić information content (AvgIpc) is 2.38. The molecule has 1 aromatic carbocycles. The maximum Gasteiger partial charge on any atom is 0.178 e. The summed E-state index contributed by atoms with van der Waals surface area (Å²) in [5, 5.41) is 0. The van der Waals surface area contributed by atoms with Crippen molar-refractivity contribution in [2.75, 3.05) is 5.75 Å². The average molecular weight is 283 g/mol. The number of nitrogens with two attached hydrogens (primary N) is 1. The highest BCUT2D eigenvalue weighted by Crippen LogP contribution is 2.19. The maximum absolute atomic E-state index is 12.1. The summed E-state index contributed by atoms with van der Waals surface area (Å²) in [6.07, 6.45) is 2.28. The van der Waals surface area contributed by atoms with E-state index in [-0.39, 0.29) is 11.8 Å². The number of hydrogen-bond acceptors (Lipinski definition) is 3. The SMILES string of the molecule is CCC(N)CCCS(=O)(=O)c1ccc(C(C)C)cc1. The molecular formula is C15H25NO2S. The first-order valence-electron chi connectivity index (χ1n) is 6.95. The fourth-order valence-corrected chi connectivity index (χ4v) is 3.25. The largest absolute Gasteiger partial charge is 0.328 e. The number of hydrogen-bond donors (Lipinski definition) is 1. The van der Waals surface area contributed by atoms with Crippen molar-refractivity contribution in [1.82, 2.24) is 0 Å². The molecule has 3 nitrogen and oxygen atoms in total. The summed E-state index contributed by atoms with van der Waals surface area (Å²) in [7, 11) is -3.16. The highest BCUT2D eigenvalue weighted by atomic mass is 32.2. The summed E-state index contributed by atoms with van der Waals surface area (Å²) in [5.74, 6) is 0.598. The minimum absolute atomic E-state index is 0.110. The second kappa shape index (κ2) is 7.06. The Kier molecular flexibility index (Phi) is 6.01. The van der Waals surface area contributed by atoms with E-state index in [1.807, 2.05) is 19.1 Å². The lowest BCUT2D eigenvalue weighted by Gasteiger charge is -2.10. The molecule has 2 N–H and O–H groups in total. The Hall–Kier alpha value is -0.870. The summed E-state index contributed by atoms with van der Waals surface area (Å²) in [6, 6.07) is 7.33. The molecule has 1 aromatic rings. The molecule has 0 amide bonds. The highest BCUT2D eigenvalue weighted by Gasteiger charge is 2.14. The van der Waals surface area contributed by atoms with E-state index in [0.29, 0.717) is 17.2 Å². The monoisotopic (exact) mass is 283 g/mol. The molecule has 0 heterocycles. The zero-order chi connectivity index (χ0) is 14.5. The molecule has 0 bridgehead atoms. The Morgan fingerprint density at radius 1 is 1.16 bits per heavy atom. The van der Waals surface area contributed by atoms with Gasteiger partial charge in [0.15, 0.2) is 9.84 Å². The van der Waals surface area contributed by atoms with E-state index >= 15 is 0 Å². The van der Waals surface area contributed by atoms with Gasteiger partial charge in [-0.05, 0) is 42.9 Å². The molecule has 0 aliphatic heterocycles. The van der Waals surface area contributed by atoms with Crippen molar-refractivity contribution in [3.05, 3.63) is 29.8 Å². The van der Waals surface area contributed by atoms with Gasteiger partial charge in [0.05, 0.1) is 10.6 Å². The third-order valence-electron chi connectivity index (χ3n) is 3.42. The van der Waals surface area contributed by atoms with E-state index in [4.69, 9.17) is 5.73 Å². The summed E-state index contributed by atoms with van der Waals surface area (Å²) < 4.78 is 24.3. The van der Waals surface area contributed by atoms with Crippen LogP contribution >= 0.6 is 0 Å². The van der Waals surface area contributed by atoms with Crippen molar-refractivity contribution in [3.63, 3.8) is 0 Å². The Bertz CT molecular complexity index is 477. The number of sulfone groups is 1. The molecule has 0 saturated carbocycles. The molecule has 0 aliphatic rings. The molecule has 4 heteroatoms. The molecule has 0 aromatic heterocycles. The maximum atomic E-state index is 12.1. The Labute approximate surface area is 117 Å². The predicted molar refractivity (Wildman–Crippen MR) is 80.1 cm³/mol. The molecule has 1 atom stereocenters. The third-order valence-corrected chi connectivity index (χ3v) is 5.23. The molecule has 0 spiro atoms. The fourth-order valence-electron chi connectivity index (χ4n) is 1.92. The first kappa shape index (κ1) is 16.2. The normalized spacial score (nSPS) is 13.7.